The fourth-order valence-electron chi connectivity index (χ4n) is 10.1. The molecular formula is C65H126O6. The van der Waals surface area contributed by atoms with E-state index in [1.54, 1.807) is 0 Å². The van der Waals surface area contributed by atoms with Crippen LogP contribution in [0, 0.1) is 11.8 Å². The molecule has 0 aliphatic heterocycles. The maximum absolute atomic E-state index is 12.9. The van der Waals surface area contributed by atoms with E-state index >= 15 is 0 Å². The van der Waals surface area contributed by atoms with Crippen LogP contribution in [0.25, 0.3) is 0 Å². The van der Waals surface area contributed by atoms with Gasteiger partial charge in [-0.05, 0) is 31.1 Å². The molecule has 0 aromatic rings. The molecule has 0 aliphatic carbocycles. The molecule has 0 fully saturated rings. The second-order valence-corrected chi connectivity index (χ2v) is 23.1. The molecule has 0 amide bonds. The highest BCUT2D eigenvalue weighted by atomic mass is 16.6. The molecule has 6 nitrogen and oxygen atoms in total. The summed E-state index contributed by atoms with van der Waals surface area (Å²) in [4.78, 5) is 38.3. The van der Waals surface area contributed by atoms with Crippen LogP contribution in [-0.2, 0) is 28.6 Å². The van der Waals surface area contributed by atoms with Gasteiger partial charge in [-0.25, -0.2) is 0 Å². The SMILES string of the molecule is CCCCCCCCCCCCCCCCCC(=O)OC[C@H](COC(=O)CCCCCCCCCCCCCCCC(C)C)OC(=O)CCCCCCCCCCCCCCCCCCCCC(C)CC. The Morgan fingerprint density at radius 2 is 0.535 bits per heavy atom. The van der Waals surface area contributed by atoms with Gasteiger partial charge in [0, 0.05) is 19.3 Å². The standard InChI is InChI=1S/C65H126O6/c1-6-8-9-10-11-12-13-14-19-25-30-35-40-45-50-55-63(66)69-58-62(59-70-64(67)56-51-46-41-36-31-27-22-23-28-33-38-43-48-53-60(3)4)71-65(68)57-52-47-42-37-32-26-21-18-16-15-17-20-24-29-34-39-44-49-54-61(5)7-2/h60-62H,6-59H2,1-5H3/t61?,62-/m1/s1. The smallest absolute Gasteiger partial charge is 0.306 e. The maximum atomic E-state index is 12.9. The highest BCUT2D eigenvalue weighted by molar-refractivity contribution is 5.71. The molecule has 0 N–H and O–H groups in total. The van der Waals surface area contributed by atoms with Crippen molar-refractivity contribution >= 4 is 17.9 Å². The average molecular weight is 1000 g/mol. The van der Waals surface area contributed by atoms with Crippen molar-refractivity contribution in [3.05, 3.63) is 0 Å². The molecule has 0 rings (SSSR count). The van der Waals surface area contributed by atoms with Crippen molar-refractivity contribution < 1.29 is 28.6 Å². The van der Waals surface area contributed by atoms with Gasteiger partial charge in [-0.15, -0.1) is 0 Å². The number of ether oxygens (including phenoxy) is 3. The number of unbranched alkanes of at least 4 members (excludes halogenated alkanes) is 43. The second-order valence-electron chi connectivity index (χ2n) is 23.1. The lowest BCUT2D eigenvalue weighted by Gasteiger charge is -2.18. The van der Waals surface area contributed by atoms with Gasteiger partial charge in [-0.2, -0.15) is 0 Å². The third kappa shape index (κ3) is 57.5. The molecule has 0 saturated heterocycles. The number of carbonyl (C=O) groups is 3. The molecule has 0 bridgehead atoms. The lowest BCUT2D eigenvalue weighted by atomic mass is 9.99. The zero-order valence-corrected chi connectivity index (χ0v) is 48.9. The molecule has 422 valence electrons. The Morgan fingerprint density at radius 1 is 0.296 bits per heavy atom. The Bertz CT molecular complexity index is 1090. The average Bonchev–Trinajstić information content (AvgIpc) is 3.36. The first-order valence-electron chi connectivity index (χ1n) is 32.3. The topological polar surface area (TPSA) is 78.9 Å². The summed E-state index contributed by atoms with van der Waals surface area (Å²) in [6, 6.07) is 0. The van der Waals surface area contributed by atoms with Crippen molar-refractivity contribution in [1.29, 1.82) is 0 Å². The summed E-state index contributed by atoms with van der Waals surface area (Å²) < 4.78 is 17.0. The number of rotatable bonds is 59. The Kier molecular flexibility index (Phi) is 56.4. The predicted octanol–water partition coefficient (Wildman–Crippen LogP) is 21.6. The van der Waals surface area contributed by atoms with Crippen molar-refractivity contribution in [3.63, 3.8) is 0 Å². The molecule has 0 spiro atoms. The van der Waals surface area contributed by atoms with E-state index < -0.39 is 6.10 Å². The lowest BCUT2D eigenvalue weighted by molar-refractivity contribution is -0.167. The molecule has 6 heteroatoms. The van der Waals surface area contributed by atoms with Crippen LogP contribution in [0.2, 0.25) is 0 Å². The molecule has 2 atom stereocenters. The summed E-state index contributed by atoms with van der Waals surface area (Å²) in [7, 11) is 0. The van der Waals surface area contributed by atoms with Crippen LogP contribution in [0.1, 0.15) is 369 Å². The lowest BCUT2D eigenvalue weighted by Crippen LogP contribution is -2.30. The Morgan fingerprint density at radius 3 is 0.803 bits per heavy atom. The summed E-state index contributed by atoms with van der Waals surface area (Å²) in [5.41, 5.74) is 0. The minimum Gasteiger partial charge on any atom is -0.462 e. The highest BCUT2D eigenvalue weighted by Gasteiger charge is 2.19. The minimum absolute atomic E-state index is 0.0618. The molecule has 0 saturated carbocycles. The third-order valence-electron chi connectivity index (χ3n) is 15.3. The molecule has 0 heterocycles. The number of esters is 3. The first-order chi connectivity index (χ1) is 34.8. The minimum atomic E-state index is -0.764. The Labute approximate surface area is 444 Å². The van der Waals surface area contributed by atoms with E-state index in [1.807, 2.05) is 0 Å². The van der Waals surface area contributed by atoms with Gasteiger partial charge in [0.05, 0.1) is 0 Å². The van der Waals surface area contributed by atoms with Gasteiger partial charge in [-0.3, -0.25) is 14.4 Å². The summed E-state index contributed by atoms with van der Waals surface area (Å²) in [6.45, 7) is 11.5. The molecule has 0 aromatic heterocycles. The monoisotopic (exact) mass is 1000 g/mol. The third-order valence-corrected chi connectivity index (χ3v) is 15.3. The predicted molar refractivity (Wildman–Crippen MR) is 307 cm³/mol. The van der Waals surface area contributed by atoms with Gasteiger partial charge in [0.2, 0.25) is 0 Å². The van der Waals surface area contributed by atoms with Gasteiger partial charge in [-0.1, -0.05) is 330 Å². The molecule has 0 radical (unpaired) electrons. The van der Waals surface area contributed by atoms with Gasteiger partial charge in [0.1, 0.15) is 13.2 Å². The largest absolute Gasteiger partial charge is 0.462 e. The van der Waals surface area contributed by atoms with Crippen LogP contribution >= 0.6 is 0 Å². The van der Waals surface area contributed by atoms with E-state index in [9.17, 15) is 14.4 Å². The van der Waals surface area contributed by atoms with Crippen LogP contribution in [0.15, 0.2) is 0 Å². The zero-order chi connectivity index (χ0) is 51.8. The molecule has 0 aromatic carbocycles. The van der Waals surface area contributed by atoms with Crippen LogP contribution in [0.3, 0.4) is 0 Å². The highest BCUT2D eigenvalue weighted by Crippen LogP contribution is 2.19. The van der Waals surface area contributed by atoms with E-state index in [4.69, 9.17) is 14.2 Å². The number of hydrogen-bond donors (Lipinski definition) is 0. The van der Waals surface area contributed by atoms with Gasteiger partial charge in [0.25, 0.3) is 0 Å². The maximum Gasteiger partial charge on any atom is 0.306 e. The zero-order valence-electron chi connectivity index (χ0n) is 48.9. The van der Waals surface area contributed by atoms with Crippen LogP contribution < -0.4 is 0 Å². The fourth-order valence-corrected chi connectivity index (χ4v) is 10.1. The summed E-state index contributed by atoms with van der Waals surface area (Å²) >= 11 is 0. The van der Waals surface area contributed by atoms with Gasteiger partial charge in [0.15, 0.2) is 6.10 Å². The van der Waals surface area contributed by atoms with Gasteiger partial charge < -0.3 is 14.2 Å². The van der Waals surface area contributed by atoms with Crippen LogP contribution in [-0.4, -0.2) is 37.2 Å². The van der Waals surface area contributed by atoms with E-state index in [1.165, 1.54) is 257 Å². The van der Waals surface area contributed by atoms with Crippen molar-refractivity contribution in [1.82, 2.24) is 0 Å². The summed E-state index contributed by atoms with van der Waals surface area (Å²) in [5.74, 6) is 0.918. The number of carbonyl (C=O) groups excluding carboxylic acids is 3. The Hall–Kier alpha value is -1.59. The normalized spacial score (nSPS) is 12.4. The quantitative estimate of drug-likeness (QED) is 0.0343. The van der Waals surface area contributed by atoms with Crippen molar-refractivity contribution in [3.8, 4) is 0 Å². The van der Waals surface area contributed by atoms with E-state index in [0.717, 1.165) is 69.6 Å². The molecule has 0 aliphatic rings. The molecular weight excluding hydrogens is 877 g/mol. The first-order valence-corrected chi connectivity index (χ1v) is 32.3. The molecule has 1 unspecified atom stereocenters. The molecule has 71 heavy (non-hydrogen) atoms. The summed E-state index contributed by atoms with van der Waals surface area (Å²) in [6.07, 6.45) is 63.8. The summed E-state index contributed by atoms with van der Waals surface area (Å²) in [5, 5.41) is 0. The Balaban J connectivity index is 4.27. The van der Waals surface area contributed by atoms with Crippen molar-refractivity contribution in [2.45, 2.75) is 375 Å². The van der Waals surface area contributed by atoms with Gasteiger partial charge >= 0.3 is 17.9 Å². The van der Waals surface area contributed by atoms with E-state index in [-0.39, 0.29) is 31.1 Å². The van der Waals surface area contributed by atoms with E-state index in [0.29, 0.717) is 19.3 Å². The first kappa shape index (κ1) is 69.4. The second kappa shape index (κ2) is 57.7. The van der Waals surface area contributed by atoms with Crippen LogP contribution in [0.4, 0.5) is 0 Å². The van der Waals surface area contributed by atoms with Crippen molar-refractivity contribution in [2.75, 3.05) is 13.2 Å². The fraction of sp³-hybridized carbons (Fsp3) is 0.954. The van der Waals surface area contributed by atoms with E-state index in [2.05, 4.69) is 34.6 Å². The van der Waals surface area contributed by atoms with Crippen LogP contribution in [0.5, 0.6) is 0 Å². The van der Waals surface area contributed by atoms with Crippen molar-refractivity contribution in [2.24, 2.45) is 11.8 Å². The number of hydrogen-bond acceptors (Lipinski definition) is 6.